The minimum Gasteiger partial charge on any atom is -0.325 e. The van der Waals surface area contributed by atoms with Crippen molar-refractivity contribution in [2.24, 2.45) is 0 Å². The summed E-state index contributed by atoms with van der Waals surface area (Å²) in [5.41, 5.74) is 4.22. The Hall–Kier alpha value is -1.93. The van der Waals surface area contributed by atoms with Crippen molar-refractivity contribution >= 4 is 33.2 Å². The summed E-state index contributed by atoms with van der Waals surface area (Å²) in [5, 5.41) is 3.46. The number of aryl methyl sites for hydroxylation is 4. The molecule has 0 saturated carbocycles. The van der Waals surface area contributed by atoms with Crippen LogP contribution in [0.25, 0.3) is 0 Å². The SMILES string of the molecule is Cc1cc(C)c(S(=O)(=O)N2CCN(CC(=O)Nc3cc(Cl)ccc3C)CC2)c(C)c1. The molecule has 162 valence electrons. The number of halogens is 1. The highest BCUT2D eigenvalue weighted by atomic mass is 35.5. The van der Waals surface area contributed by atoms with Gasteiger partial charge >= 0.3 is 0 Å². The molecule has 0 aromatic heterocycles. The molecule has 1 N–H and O–H groups in total. The molecule has 8 heteroatoms. The number of carbonyl (C=O) groups excluding carboxylic acids is 1. The second-order valence-electron chi connectivity index (χ2n) is 7.92. The van der Waals surface area contributed by atoms with Crippen LogP contribution in [0.1, 0.15) is 22.3 Å². The van der Waals surface area contributed by atoms with E-state index in [0.717, 1.165) is 22.3 Å². The van der Waals surface area contributed by atoms with Crippen molar-refractivity contribution in [2.45, 2.75) is 32.6 Å². The molecule has 2 aromatic rings. The van der Waals surface area contributed by atoms with Crippen molar-refractivity contribution in [1.82, 2.24) is 9.21 Å². The smallest absolute Gasteiger partial charge is 0.243 e. The van der Waals surface area contributed by atoms with Gasteiger partial charge in [-0.05, 0) is 56.5 Å². The molecular weight excluding hydrogens is 422 g/mol. The van der Waals surface area contributed by atoms with E-state index in [2.05, 4.69) is 5.32 Å². The Morgan fingerprint density at radius 2 is 1.57 bits per heavy atom. The second-order valence-corrected chi connectivity index (χ2v) is 10.2. The quantitative estimate of drug-likeness (QED) is 0.758. The summed E-state index contributed by atoms with van der Waals surface area (Å²) < 4.78 is 27.9. The largest absolute Gasteiger partial charge is 0.325 e. The molecular formula is C22H28ClN3O3S. The fourth-order valence-corrected chi connectivity index (χ4v) is 5.96. The minimum atomic E-state index is -3.56. The molecule has 0 bridgehead atoms. The Morgan fingerprint density at radius 3 is 2.17 bits per heavy atom. The van der Waals surface area contributed by atoms with E-state index in [1.807, 2.05) is 50.8 Å². The van der Waals surface area contributed by atoms with E-state index < -0.39 is 10.0 Å². The topological polar surface area (TPSA) is 69.7 Å². The first-order chi connectivity index (χ1) is 14.1. The molecule has 0 spiro atoms. The van der Waals surface area contributed by atoms with E-state index in [-0.39, 0.29) is 12.5 Å². The molecule has 30 heavy (non-hydrogen) atoms. The lowest BCUT2D eigenvalue weighted by atomic mass is 10.1. The zero-order valence-corrected chi connectivity index (χ0v) is 19.4. The second kappa shape index (κ2) is 9.06. The predicted molar refractivity (Wildman–Crippen MR) is 121 cm³/mol. The third-order valence-electron chi connectivity index (χ3n) is 5.37. The maximum Gasteiger partial charge on any atom is 0.243 e. The highest BCUT2D eigenvalue weighted by molar-refractivity contribution is 7.89. The van der Waals surface area contributed by atoms with Gasteiger partial charge in [-0.2, -0.15) is 4.31 Å². The van der Waals surface area contributed by atoms with Crippen LogP contribution in [0.4, 0.5) is 5.69 Å². The molecule has 1 saturated heterocycles. The normalized spacial score (nSPS) is 15.9. The maximum atomic E-state index is 13.2. The molecule has 1 aliphatic rings. The molecule has 1 aliphatic heterocycles. The summed E-state index contributed by atoms with van der Waals surface area (Å²) in [6.45, 7) is 9.49. The number of rotatable bonds is 5. The fourth-order valence-electron chi connectivity index (χ4n) is 3.95. The fraction of sp³-hybridized carbons (Fsp3) is 0.409. The van der Waals surface area contributed by atoms with E-state index in [9.17, 15) is 13.2 Å². The molecule has 3 rings (SSSR count). The molecule has 2 aromatic carbocycles. The number of benzene rings is 2. The number of carbonyl (C=O) groups is 1. The summed E-state index contributed by atoms with van der Waals surface area (Å²) in [6.07, 6.45) is 0. The molecule has 1 heterocycles. The van der Waals surface area contributed by atoms with Crippen LogP contribution in [0.3, 0.4) is 0 Å². The molecule has 0 radical (unpaired) electrons. The van der Waals surface area contributed by atoms with Gasteiger partial charge in [-0.15, -0.1) is 0 Å². The van der Waals surface area contributed by atoms with Gasteiger partial charge in [0.25, 0.3) is 0 Å². The van der Waals surface area contributed by atoms with Crippen LogP contribution in [0.5, 0.6) is 0 Å². The van der Waals surface area contributed by atoms with Crippen molar-refractivity contribution in [3.05, 3.63) is 57.6 Å². The van der Waals surface area contributed by atoms with E-state index in [4.69, 9.17) is 11.6 Å². The van der Waals surface area contributed by atoms with Gasteiger partial charge in [0.05, 0.1) is 11.4 Å². The van der Waals surface area contributed by atoms with Crippen LogP contribution in [-0.2, 0) is 14.8 Å². The number of amides is 1. The highest BCUT2D eigenvalue weighted by Gasteiger charge is 2.31. The third-order valence-corrected chi connectivity index (χ3v) is 7.81. The van der Waals surface area contributed by atoms with Gasteiger partial charge in [0, 0.05) is 36.9 Å². The van der Waals surface area contributed by atoms with Crippen LogP contribution in [-0.4, -0.2) is 56.3 Å². The van der Waals surface area contributed by atoms with Crippen LogP contribution in [0.15, 0.2) is 35.2 Å². The van der Waals surface area contributed by atoms with Gasteiger partial charge in [-0.1, -0.05) is 35.4 Å². The van der Waals surface area contributed by atoms with E-state index >= 15 is 0 Å². The summed E-state index contributed by atoms with van der Waals surface area (Å²) in [5.74, 6) is -0.137. The van der Waals surface area contributed by atoms with Crippen LogP contribution < -0.4 is 5.32 Å². The third kappa shape index (κ3) is 5.03. The Morgan fingerprint density at radius 1 is 0.967 bits per heavy atom. The molecule has 0 atom stereocenters. The number of anilines is 1. The monoisotopic (exact) mass is 449 g/mol. The van der Waals surface area contributed by atoms with Gasteiger partial charge in [-0.25, -0.2) is 8.42 Å². The first-order valence-corrected chi connectivity index (χ1v) is 11.8. The number of nitrogens with zero attached hydrogens (tertiary/aromatic N) is 2. The van der Waals surface area contributed by atoms with Gasteiger partial charge in [-0.3, -0.25) is 9.69 Å². The van der Waals surface area contributed by atoms with Gasteiger partial charge in [0.2, 0.25) is 15.9 Å². The standard InChI is InChI=1S/C22H28ClN3O3S/c1-15-11-17(3)22(18(4)12-15)30(28,29)26-9-7-25(8-10-26)14-21(27)24-20-13-19(23)6-5-16(20)2/h5-6,11-13H,7-10,14H2,1-4H3,(H,24,27). The van der Waals surface area contributed by atoms with Crippen LogP contribution in [0.2, 0.25) is 5.02 Å². The lowest BCUT2D eigenvalue weighted by Gasteiger charge is -2.34. The number of hydrogen-bond acceptors (Lipinski definition) is 4. The van der Waals surface area contributed by atoms with Gasteiger partial charge in [0.15, 0.2) is 0 Å². The first kappa shape index (κ1) is 22.7. The summed E-state index contributed by atoms with van der Waals surface area (Å²) >= 11 is 6.01. The van der Waals surface area contributed by atoms with Crippen LogP contribution in [0, 0.1) is 27.7 Å². The Labute approximate surface area is 183 Å². The number of piperazine rings is 1. The van der Waals surface area contributed by atoms with Gasteiger partial charge in [0.1, 0.15) is 0 Å². The number of hydrogen-bond donors (Lipinski definition) is 1. The first-order valence-electron chi connectivity index (χ1n) is 9.94. The maximum absolute atomic E-state index is 13.2. The molecule has 0 unspecified atom stereocenters. The zero-order valence-electron chi connectivity index (χ0n) is 17.8. The van der Waals surface area contributed by atoms with E-state index in [0.29, 0.717) is 41.8 Å². The lowest BCUT2D eigenvalue weighted by Crippen LogP contribution is -2.50. The van der Waals surface area contributed by atoms with Crippen molar-refractivity contribution in [2.75, 3.05) is 38.0 Å². The lowest BCUT2D eigenvalue weighted by molar-refractivity contribution is -0.117. The van der Waals surface area contributed by atoms with Crippen LogP contribution >= 0.6 is 11.6 Å². The zero-order chi connectivity index (χ0) is 22.1. The number of sulfonamides is 1. The molecule has 1 amide bonds. The van der Waals surface area contributed by atoms with Crippen molar-refractivity contribution in [3.8, 4) is 0 Å². The van der Waals surface area contributed by atoms with Crippen molar-refractivity contribution in [1.29, 1.82) is 0 Å². The minimum absolute atomic E-state index is 0.137. The summed E-state index contributed by atoms with van der Waals surface area (Å²) in [6, 6.07) is 9.17. The average molecular weight is 450 g/mol. The van der Waals surface area contributed by atoms with Gasteiger partial charge < -0.3 is 5.32 Å². The molecule has 6 nitrogen and oxygen atoms in total. The Bertz CT molecular complexity index is 1040. The number of nitrogens with one attached hydrogen (secondary N) is 1. The summed E-state index contributed by atoms with van der Waals surface area (Å²) in [7, 11) is -3.56. The molecule has 0 aliphatic carbocycles. The van der Waals surface area contributed by atoms with Crippen molar-refractivity contribution < 1.29 is 13.2 Å². The summed E-state index contributed by atoms with van der Waals surface area (Å²) in [4.78, 5) is 14.8. The average Bonchev–Trinajstić information content (AvgIpc) is 2.64. The Balaban J connectivity index is 1.62. The van der Waals surface area contributed by atoms with E-state index in [1.165, 1.54) is 4.31 Å². The van der Waals surface area contributed by atoms with E-state index in [1.54, 1.807) is 12.1 Å². The Kier molecular flexibility index (Phi) is 6.87. The van der Waals surface area contributed by atoms with Crippen molar-refractivity contribution in [3.63, 3.8) is 0 Å². The molecule has 1 fully saturated rings. The highest BCUT2D eigenvalue weighted by Crippen LogP contribution is 2.26. The predicted octanol–water partition coefficient (Wildman–Crippen LogP) is 3.52.